The smallest absolute Gasteiger partial charge is 0.475 e. The number of hydrogen-bond acceptors (Lipinski definition) is 4. The van der Waals surface area contributed by atoms with Gasteiger partial charge in [0.05, 0.1) is 5.69 Å². The molecular formula is C12H10F4N2O4. The summed E-state index contributed by atoms with van der Waals surface area (Å²) in [5, 5.41) is 12.5. The van der Waals surface area contributed by atoms with Crippen LogP contribution in [0.5, 0.6) is 0 Å². The van der Waals surface area contributed by atoms with Crippen molar-refractivity contribution in [2.75, 3.05) is 18.4 Å². The number of carbonyl (C=O) groups is 2. The Morgan fingerprint density at radius 3 is 2.36 bits per heavy atom. The first kappa shape index (κ1) is 16.0. The van der Waals surface area contributed by atoms with E-state index in [9.17, 15) is 22.4 Å². The molecule has 0 aliphatic carbocycles. The highest BCUT2D eigenvalue weighted by Crippen LogP contribution is 2.39. The Morgan fingerprint density at radius 2 is 1.91 bits per heavy atom. The number of alkyl halides is 3. The molecule has 22 heavy (non-hydrogen) atoms. The number of halogens is 4. The highest BCUT2D eigenvalue weighted by molar-refractivity contribution is 5.89. The summed E-state index contributed by atoms with van der Waals surface area (Å²) in [6, 6.07) is 4.72. The maximum atomic E-state index is 13.5. The molecule has 1 spiro atoms. The van der Waals surface area contributed by atoms with Gasteiger partial charge in [0.1, 0.15) is 5.82 Å². The second-order valence-electron chi connectivity index (χ2n) is 4.58. The summed E-state index contributed by atoms with van der Waals surface area (Å²) in [7, 11) is 0. The average molecular weight is 322 g/mol. The zero-order valence-electron chi connectivity index (χ0n) is 10.8. The standard InChI is InChI=1S/C10H9FN2O2.C2HF3O2/c11-7-3-1-2-6-8(7)13-9(14)15-10(6)4-12-5-10;3-2(4,5)1(6)7/h1-3,12H,4-5H2,(H,13,14);(H,6,7). The number of nitrogens with one attached hydrogen (secondary N) is 2. The van der Waals surface area contributed by atoms with E-state index in [0.717, 1.165) is 0 Å². The van der Waals surface area contributed by atoms with Crippen LogP contribution in [-0.2, 0) is 15.1 Å². The van der Waals surface area contributed by atoms with Gasteiger partial charge in [0.2, 0.25) is 0 Å². The molecule has 0 saturated carbocycles. The topological polar surface area (TPSA) is 87.7 Å². The second-order valence-corrected chi connectivity index (χ2v) is 4.58. The van der Waals surface area contributed by atoms with Crippen molar-refractivity contribution in [2.45, 2.75) is 11.8 Å². The molecule has 10 heteroatoms. The van der Waals surface area contributed by atoms with Crippen molar-refractivity contribution in [3.8, 4) is 0 Å². The molecule has 3 rings (SSSR count). The van der Waals surface area contributed by atoms with E-state index in [2.05, 4.69) is 10.6 Å². The van der Waals surface area contributed by atoms with Crippen LogP contribution in [0.1, 0.15) is 5.56 Å². The number of carboxylic acid groups (broad SMARTS) is 1. The van der Waals surface area contributed by atoms with E-state index in [0.29, 0.717) is 18.7 Å². The fourth-order valence-electron chi connectivity index (χ4n) is 2.01. The molecule has 2 heterocycles. The van der Waals surface area contributed by atoms with E-state index in [-0.39, 0.29) is 5.69 Å². The molecule has 0 unspecified atom stereocenters. The van der Waals surface area contributed by atoms with E-state index in [4.69, 9.17) is 14.6 Å². The summed E-state index contributed by atoms with van der Waals surface area (Å²) < 4.78 is 50.4. The van der Waals surface area contributed by atoms with Gasteiger partial charge < -0.3 is 15.2 Å². The molecule has 0 atom stereocenters. The zero-order valence-corrected chi connectivity index (χ0v) is 10.8. The van der Waals surface area contributed by atoms with E-state index in [1.54, 1.807) is 12.1 Å². The maximum Gasteiger partial charge on any atom is 0.490 e. The Hall–Kier alpha value is -2.36. The first-order valence-electron chi connectivity index (χ1n) is 5.95. The van der Waals surface area contributed by atoms with Gasteiger partial charge in [-0.3, -0.25) is 5.32 Å². The number of fused-ring (bicyclic) bond motifs is 2. The molecule has 0 aromatic heterocycles. The maximum absolute atomic E-state index is 13.5. The highest BCUT2D eigenvalue weighted by atomic mass is 19.4. The van der Waals surface area contributed by atoms with Crippen LogP contribution in [0.2, 0.25) is 0 Å². The Labute approximate surface area is 121 Å². The monoisotopic (exact) mass is 322 g/mol. The number of carboxylic acids is 1. The Kier molecular flexibility index (Phi) is 3.96. The summed E-state index contributed by atoms with van der Waals surface area (Å²) in [4.78, 5) is 20.2. The van der Waals surface area contributed by atoms with Crippen LogP contribution in [0.25, 0.3) is 0 Å². The second kappa shape index (κ2) is 5.44. The number of ether oxygens (including phenoxy) is 1. The van der Waals surface area contributed by atoms with E-state index < -0.39 is 29.7 Å². The molecule has 120 valence electrons. The lowest BCUT2D eigenvalue weighted by molar-refractivity contribution is -0.192. The summed E-state index contributed by atoms with van der Waals surface area (Å²) in [5.74, 6) is -3.18. The minimum absolute atomic E-state index is 0.246. The van der Waals surface area contributed by atoms with Gasteiger partial charge in [-0.05, 0) is 6.07 Å². The largest absolute Gasteiger partial charge is 0.490 e. The van der Waals surface area contributed by atoms with Crippen molar-refractivity contribution in [2.24, 2.45) is 0 Å². The third-order valence-corrected chi connectivity index (χ3v) is 3.08. The molecule has 0 bridgehead atoms. The van der Waals surface area contributed by atoms with Gasteiger partial charge >= 0.3 is 18.2 Å². The molecule has 1 saturated heterocycles. The summed E-state index contributed by atoms with van der Waals surface area (Å²) in [6.45, 7) is 1.08. The van der Waals surface area contributed by atoms with Gasteiger partial charge in [-0.1, -0.05) is 12.1 Å². The average Bonchev–Trinajstić information content (AvgIpc) is 2.37. The van der Waals surface area contributed by atoms with Gasteiger partial charge in [0.25, 0.3) is 0 Å². The number of para-hydroxylation sites is 1. The Morgan fingerprint density at radius 1 is 1.32 bits per heavy atom. The normalized spacial score (nSPS) is 18.1. The number of aliphatic carboxylic acids is 1. The molecule has 6 nitrogen and oxygen atoms in total. The number of hydrogen-bond donors (Lipinski definition) is 3. The number of benzene rings is 1. The minimum atomic E-state index is -5.08. The molecule has 1 amide bonds. The van der Waals surface area contributed by atoms with Crippen LogP contribution in [-0.4, -0.2) is 36.4 Å². The van der Waals surface area contributed by atoms with Crippen LogP contribution in [0.4, 0.5) is 28.0 Å². The first-order chi connectivity index (χ1) is 10.2. The van der Waals surface area contributed by atoms with Crippen LogP contribution < -0.4 is 10.6 Å². The van der Waals surface area contributed by atoms with Crippen molar-refractivity contribution in [1.29, 1.82) is 0 Å². The fourth-order valence-corrected chi connectivity index (χ4v) is 2.01. The highest BCUT2D eigenvalue weighted by Gasteiger charge is 2.47. The van der Waals surface area contributed by atoms with Crippen molar-refractivity contribution in [3.63, 3.8) is 0 Å². The van der Waals surface area contributed by atoms with Gasteiger partial charge in [-0.15, -0.1) is 0 Å². The van der Waals surface area contributed by atoms with E-state index >= 15 is 0 Å². The van der Waals surface area contributed by atoms with Crippen LogP contribution in [0.3, 0.4) is 0 Å². The lowest BCUT2D eigenvalue weighted by Crippen LogP contribution is -2.61. The van der Waals surface area contributed by atoms with E-state index in [1.807, 2.05) is 0 Å². The summed E-state index contributed by atoms with van der Waals surface area (Å²) >= 11 is 0. The van der Waals surface area contributed by atoms with E-state index in [1.165, 1.54) is 6.07 Å². The van der Waals surface area contributed by atoms with Gasteiger partial charge in [0, 0.05) is 18.7 Å². The predicted molar refractivity (Wildman–Crippen MR) is 64.7 cm³/mol. The fraction of sp³-hybridized carbons (Fsp3) is 0.333. The quantitative estimate of drug-likeness (QED) is 0.634. The predicted octanol–water partition coefficient (Wildman–Crippen LogP) is 1.82. The minimum Gasteiger partial charge on any atom is -0.475 e. The molecular weight excluding hydrogens is 312 g/mol. The van der Waals surface area contributed by atoms with Crippen molar-refractivity contribution >= 4 is 17.7 Å². The van der Waals surface area contributed by atoms with Gasteiger partial charge in [-0.2, -0.15) is 13.2 Å². The number of amides is 1. The van der Waals surface area contributed by atoms with Gasteiger partial charge in [0.15, 0.2) is 5.60 Å². The first-order valence-corrected chi connectivity index (χ1v) is 5.95. The molecule has 2 aliphatic rings. The van der Waals surface area contributed by atoms with Crippen LogP contribution in [0, 0.1) is 5.82 Å². The van der Waals surface area contributed by atoms with Gasteiger partial charge in [-0.25, -0.2) is 14.0 Å². The SMILES string of the molecule is O=C(O)C(F)(F)F.O=C1Nc2c(F)cccc2C2(CNC2)O1. The molecule has 1 aromatic carbocycles. The van der Waals surface area contributed by atoms with Crippen molar-refractivity contribution in [1.82, 2.24) is 5.32 Å². The molecule has 0 radical (unpaired) electrons. The molecule has 1 aromatic rings. The van der Waals surface area contributed by atoms with Crippen molar-refractivity contribution in [3.05, 3.63) is 29.6 Å². The molecule has 1 fully saturated rings. The third kappa shape index (κ3) is 2.96. The summed E-state index contributed by atoms with van der Waals surface area (Å²) in [5.41, 5.74) is 0.288. The third-order valence-electron chi connectivity index (χ3n) is 3.08. The van der Waals surface area contributed by atoms with Crippen LogP contribution >= 0.6 is 0 Å². The Bertz CT molecular complexity index is 614. The lowest BCUT2D eigenvalue weighted by atomic mass is 9.85. The molecule has 2 aliphatic heterocycles. The van der Waals surface area contributed by atoms with Crippen molar-refractivity contribution < 1.29 is 37.0 Å². The zero-order chi connectivity index (χ0) is 16.5. The molecule has 3 N–H and O–H groups in total. The Balaban J connectivity index is 0.000000217. The lowest BCUT2D eigenvalue weighted by Gasteiger charge is -2.45. The number of carbonyl (C=O) groups excluding carboxylic acids is 1. The number of anilines is 1. The number of rotatable bonds is 0. The van der Waals surface area contributed by atoms with Crippen LogP contribution in [0.15, 0.2) is 18.2 Å². The summed E-state index contributed by atoms with van der Waals surface area (Å²) in [6.07, 6.45) is -5.67.